The zero-order valence-electron chi connectivity index (χ0n) is 12.5. The van der Waals surface area contributed by atoms with Gasteiger partial charge in [0.15, 0.2) is 5.75 Å². The van der Waals surface area contributed by atoms with E-state index in [0.717, 1.165) is 22.0 Å². The van der Waals surface area contributed by atoms with Crippen LogP contribution in [0.5, 0.6) is 5.75 Å². The summed E-state index contributed by atoms with van der Waals surface area (Å²) in [5.41, 5.74) is 3.55. The molecule has 4 nitrogen and oxygen atoms in total. The van der Waals surface area contributed by atoms with Gasteiger partial charge >= 0.3 is 0 Å². The lowest BCUT2D eigenvalue weighted by atomic mass is 10.0. The number of nitrogens with zero attached hydrogens (tertiary/aromatic N) is 1. The van der Waals surface area contributed by atoms with E-state index in [1.54, 1.807) is 13.3 Å². The number of hydrogen-bond acceptors (Lipinski definition) is 3. The van der Waals surface area contributed by atoms with Gasteiger partial charge in [0.25, 0.3) is 0 Å². The number of ether oxygens (including phenoxy) is 1. The molecule has 3 rings (SSSR count). The number of anilines is 1. The van der Waals surface area contributed by atoms with Crippen molar-refractivity contribution < 1.29 is 9.53 Å². The summed E-state index contributed by atoms with van der Waals surface area (Å²) in [6.07, 6.45) is 1.75. The van der Waals surface area contributed by atoms with Gasteiger partial charge in [-0.05, 0) is 29.3 Å². The molecule has 0 bridgehead atoms. The van der Waals surface area contributed by atoms with Crippen LogP contribution in [-0.4, -0.2) is 18.0 Å². The highest BCUT2D eigenvalue weighted by Crippen LogP contribution is 2.36. The van der Waals surface area contributed by atoms with E-state index in [9.17, 15) is 4.79 Å². The molecule has 0 saturated carbocycles. The molecular weight excluding hydrogens is 276 g/mol. The second-order valence-electron chi connectivity index (χ2n) is 4.95. The number of carbonyl (C=O) groups is 1. The summed E-state index contributed by atoms with van der Waals surface area (Å²) in [6.45, 7) is 1.47. The van der Waals surface area contributed by atoms with Crippen molar-refractivity contribution in [3.8, 4) is 16.9 Å². The predicted molar refractivity (Wildman–Crippen MR) is 88.0 cm³/mol. The summed E-state index contributed by atoms with van der Waals surface area (Å²) in [6, 6.07) is 15.9. The second kappa shape index (κ2) is 5.85. The van der Waals surface area contributed by atoms with Crippen molar-refractivity contribution in [2.75, 3.05) is 12.4 Å². The van der Waals surface area contributed by atoms with Crippen molar-refractivity contribution in [1.82, 2.24) is 4.98 Å². The largest absolute Gasteiger partial charge is 0.492 e. The second-order valence-corrected chi connectivity index (χ2v) is 4.95. The first-order valence-corrected chi connectivity index (χ1v) is 6.99. The van der Waals surface area contributed by atoms with Crippen molar-refractivity contribution in [3.63, 3.8) is 0 Å². The van der Waals surface area contributed by atoms with Gasteiger partial charge in [-0.3, -0.25) is 9.78 Å². The van der Waals surface area contributed by atoms with E-state index in [0.29, 0.717) is 11.4 Å². The number of nitrogens with one attached hydrogen (secondary N) is 1. The Hall–Kier alpha value is -2.88. The SMILES string of the molecule is COc1c(NC(C)=O)ccc2c(-c3ccccc3)ccnc12. The van der Waals surface area contributed by atoms with Gasteiger partial charge in [0.1, 0.15) is 5.52 Å². The lowest BCUT2D eigenvalue weighted by Crippen LogP contribution is -2.07. The molecule has 0 fully saturated rings. The number of carbonyl (C=O) groups excluding carboxylic acids is 1. The maximum absolute atomic E-state index is 11.3. The molecule has 0 aliphatic rings. The van der Waals surface area contributed by atoms with E-state index in [1.807, 2.05) is 36.4 Å². The van der Waals surface area contributed by atoms with Crippen LogP contribution in [0.2, 0.25) is 0 Å². The zero-order valence-corrected chi connectivity index (χ0v) is 12.5. The first-order valence-electron chi connectivity index (χ1n) is 6.99. The maximum atomic E-state index is 11.3. The molecule has 4 heteroatoms. The van der Waals surface area contributed by atoms with Crippen LogP contribution >= 0.6 is 0 Å². The summed E-state index contributed by atoms with van der Waals surface area (Å²) in [7, 11) is 1.58. The smallest absolute Gasteiger partial charge is 0.221 e. The van der Waals surface area contributed by atoms with Gasteiger partial charge in [0.2, 0.25) is 5.91 Å². The molecule has 1 aromatic heterocycles. The maximum Gasteiger partial charge on any atom is 0.221 e. The molecule has 0 saturated heterocycles. The van der Waals surface area contributed by atoms with Crippen molar-refractivity contribution in [3.05, 3.63) is 54.7 Å². The third-order valence-electron chi connectivity index (χ3n) is 3.47. The lowest BCUT2D eigenvalue weighted by Gasteiger charge is -2.13. The zero-order chi connectivity index (χ0) is 15.5. The van der Waals surface area contributed by atoms with E-state index in [2.05, 4.69) is 22.4 Å². The fourth-order valence-corrected chi connectivity index (χ4v) is 2.56. The Labute approximate surface area is 128 Å². The molecule has 2 aromatic carbocycles. The minimum Gasteiger partial charge on any atom is -0.492 e. The van der Waals surface area contributed by atoms with E-state index >= 15 is 0 Å². The highest BCUT2D eigenvalue weighted by Gasteiger charge is 2.13. The van der Waals surface area contributed by atoms with Gasteiger partial charge in [-0.15, -0.1) is 0 Å². The Balaban J connectivity index is 2.24. The highest BCUT2D eigenvalue weighted by atomic mass is 16.5. The first kappa shape index (κ1) is 14.1. The standard InChI is InChI=1S/C18H16N2O2/c1-12(21)20-16-9-8-15-14(13-6-4-3-5-7-13)10-11-19-17(15)18(16)22-2/h3-11H,1-2H3,(H,20,21). The van der Waals surface area contributed by atoms with Gasteiger partial charge in [-0.2, -0.15) is 0 Å². The molecule has 110 valence electrons. The van der Waals surface area contributed by atoms with Gasteiger partial charge < -0.3 is 10.1 Å². The molecule has 0 aliphatic carbocycles. The van der Waals surface area contributed by atoms with Gasteiger partial charge in [0.05, 0.1) is 12.8 Å². The predicted octanol–water partition coefficient (Wildman–Crippen LogP) is 3.87. The molecule has 0 spiro atoms. The Morgan fingerprint density at radius 3 is 2.55 bits per heavy atom. The number of benzene rings is 2. The average Bonchev–Trinajstić information content (AvgIpc) is 2.54. The summed E-state index contributed by atoms with van der Waals surface area (Å²) < 4.78 is 5.47. The van der Waals surface area contributed by atoms with Crippen LogP contribution in [0.4, 0.5) is 5.69 Å². The molecular formula is C18H16N2O2. The number of hydrogen-bond donors (Lipinski definition) is 1. The normalized spacial score (nSPS) is 10.5. The Kier molecular flexibility index (Phi) is 3.74. The fourth-order valence-electron chi connectivity index (χ4n) is 2.56. The molecule has 0 atom stereocenters. The molecule has 3 aromatic rings. The molecule has 1 amide bonds. The van der Waals surface area contributed by atoms with Crippen molar-refractivity contribution in [1.29, 1.82) is 0 Å². The van der Waals surface area contributed by atoms with Crippen LogP contribution < -0.4 is 10.1 Å². The number of aromatic nitrogens is 1. The average molecular weight is 292 g/mol. The monoisotopic (exact) mass is 292 g/mol. The van der Waals surface area contributed by atoms with Crippen LogP contribution in [-0.2, 0) is 4.79 Å². The van der Waals surface area contributed by atoms with E-state index in [4.69, 9.17) is 4.74 Å². The minimum absolute atomic E-state index is 0.142. The van der Waals surface area contributed by atoms with E-state index in [-0.39, 0.29) is 5.91 Å². The van der Waals surface area contributed by atoms with Gasteiger partial charge in [-0.25, -0.2) is 0 Å². The van der Waals surface area contributed by atoms with Crippen LogP contribution in [0.3, 0.4) is 0 Å². The lowest BCUT2D eigenvalue weighted by molar-refractivity contribution is -0.114. The van der Waals surface area contributed by atoms with Crippen molar-refractivity contribution in [2.45, 2.75) is 6.92 Å². The first-order chi connectivity index (χ1) is 10.7. The third kappa shape index (κ3) is 2.51. The Bertz CT molecular complexity index is 829. The number of pyridine rings is 1. The quantitative estimate of drug-likeness (QED) is 0.797. The minimum atomic E-state index is -0.142. The molecule has 1 heterocycles. The number of fused-ring (bicyclic) bond motifs is 1. The van der Waals surface area contributed by atoms with Crippen molar-refractivity contribution >= 4 is 22.5 Å². The molecule has 1 N–H and O–H groups in total. The fraction of sp³-hybridized carbons (Fsp3) is 0.111. The summed E-state index contributed by atoms with van der Waals surface area (Å²) in [4.78, 5) is 15.7. The van der Waals surface area contributed by atoms with Crippen LogP contribution in [0.1, 0.15) is 6.92 Å². The van der Waals surface area contributed by atoms with Gasteiger partial charge in [-0.1, -0.05) is 30.3 Å². The molecule has 0 radical (unpaired) electrons. The van der Waals surface area contributed by atoms with Crippen molar-refractivity contribution in [2.24, 2.45) is 0 Å². The summed E-state index contributed by atoms with van der Waals surface area (Å²) in [5.74, 6) is 0.433. The number of amides is 1. The Morgan fingerprint density at radius 1 is 1.09 bits per heavy atom. The third-order valence-corrected chi connectivity index (χ3v) is 3.47. The van der Waals surface area contributed by atoms with Crippen LogP contribution in [0.25, 0.3) is 22.0 Å². The summed E-state index contributed by atoms with van der Waals surface area (Å²) in [5, 5.41) is 3.76. The number of methoxy groups -OCH3 is 1. The van der Waals surface area contributed by atoms with Crippen LogP contribution in [0.15, 0.2) is 54.7 Å². The summed E-state index contributed by atoms with van der Waals surface area (Å²) >= 11 is 0. The molecule has 0 unspecified atom stereocenters. The van der Waals surface area contributed by atoms with E-state index in [1.165, 1.54) is 6.92 Å². The Morgan fingerprint density at radius 2 is 1.86 bits per heavy atom. The number of rotatable bonds is 3. The van der Waals surface area contributed by atoms with E-state index < -0.39 is 0 Å². The topological polar surface area (TPSA) is 51.2 Å². The van der Waals surface area contributed by atoms with Crippen LogP contribution in [0, 0.1) is 0 Å². The highest BCUT2D eigenvalue weighted by molar-refractivity contribution is 6.02. The van der Waals surface area contributed by atoms with Gasteiger partial charge in [0, 0.05) is 18.5 Å². The molecule has 22 heavy (non-hydrogen) atoms. The molecule has 0 aliphatic heterocycles.